The van der Waals surface area contributed by atoms with Gasteiger partial charge in [-0.25, -0.2) is 4.79 Å². The van der Waals surface area contributed by atoms with Crippen molar-refractivity contribution >= 4 is 5.97 Å². The Morgan fingerprint density at radius 1 is 1.75 bits per heavy atom. The predicted molar refractivity (Wildman–Crippen MR) is 35.3 cm³/mol. The van der Waals surface area contributed by atoms with E-state index in [1.165, 1.54) is 0 Å². The lowest BCUT2D eigenvalue weighted by Crippen LogP contribution is -2.12. The van der Waals surface area contributed by atoms with Gasteiger partial charge in [-0.05, 0) is 5.16 Å². The van der Waals surface area contributed by atoms with Crippen molar-refractivity contribution < 1.29 is 19.5 Å². The first-order valence-corrected chi connectivity index (χ1v) is 3.10. The van der Waals surface area contributed by atoms with Crippen LogP contribution in [0.2, 0.25) is 0 Å². The van der Waals surface area contributed by atoms with Crippen molar-refractivity contribution in [2.24, 2.45) is 5.73 Å². The smallest absolute Gasteiger partial charge is 0.377 e. The molecule has 1 heterocycles. The van der Waals surface area contributed by atoms with Gasteiger partial charge in [0.1, 0.15) is 6.10 Å². The third-order valence-corrected chi connectivity index (χ3v) is 1.14. The molecule has 0 amide bonds. The van der Waals surface area contributed by atoms with E-state index in [1.54, 1.807) is 0 Å². The summed E-state index contributed by atoms with van der Waals surface area (Å²) < 4.78 is 4.41. The van der Waals surface area contributed by atoms with E-state index in [4.69, 9.17) is 15.9 Å². The van der Waals surface area contributed by atoms with Gasteiger partial charge >= 0.3 is 5.97 Å². The van der Waals surface area contributed by atoms with Gasteiger partial charge in [-0.3, -0.25) is 0 Å². The molecule has 0 aliphatic rings. The molecule has 12 heavy (non-hydrogen) atoms. The lowest BCUT2D eigenvalue weighted by Gasteiger charge is -1.97. The van der Waals surface area contributed by atoms with E-state index in [2.05, 4.69) is 14.7 Å². The number of aromatic carboxylic acids is 1. The van der Waals surface area contributed by atoms with Crippen LogP contribution in [0.15, 0.2) is 4.52 Å². The van der Waals surface area contributed by atoms with Gasteiger partial charge in [0.2, 0.25) is 0 Å². The molecular weight excluding hydrogens is 166 g/mol. The van der Waals surface area contributed by atoms with E-state index in [0.717, 1.165) is 0 Å². The standard InChI is InChI=1S/C5H7N3O4/c6-1-2(9)4-7-3(5(10)11)8-12-4/h2,9H,1,6H2,(H,10,11)/t2-/m0/s1. The largest absolute Gasteiger partial charge is 0.475 e. The fraction of sp³-hybridized carbons (Fsp3) is 0.400. The fourth-order valence-corrected chi connectivity index (χ4v) is 0.558. The second-order valence-electron chi connectivity index (χ2n) is 2.01. The zero-order valence-corrected chi connectivity index (χ0v) is 5.97. The molecule has 0 saturated heterocycles. The van der Waals surface area contributed by atoms with Gasteiger partial charge in [-0.1, -0.05) is 0 Å². The van der Waals surface area contributed by atoms with Crippen LogP contribution >= 0.6 is 0 Å². The first kappa shape index (κ1) is 8.62. The van der Waals surface area contributed by atoms with Crippen molar-refractivity contribution in [1.82, 2.24) is 10.1 Å². The number of nitrogens with zero attached hydrogens (tertiary/aromatic N) is 2. The summed E-state index contributed by atoms with van der Waals surface area (Å²) in [5.41, 5.74) is 5.06. The molecule has 7 heteroatoms. The number of carboxylic acids is 1. The van der Waals surface area contributed by atoms with Crippen LogP contribution in [0.3, 0.4) is 0 Å². The van der Waals surface area contributed by atoms with E-state index < -0.39 is 17.9 Å². The summed E-state index contributed by atoms with van der Waals surface area (Å²) in [6, 6.07) is 0. The highest BCUT2D eigenvalue weighted by Gasteiger charge is 2.17. The Bertz CT molecular complexity index is 284. The fourth-order valence-electron chi connectivity index (χ4n) is 0.558. The molecule has 7 nitrogen and oxygen atoms in total. The van der Waals surface area contributed by atoms with Crippen molar-refractivity contribution in [3.05, 3.63) is 11.7 Å². The van der Waals surface area contributed by atoms with Gasteiger partial charge < -0.3 is 20.5 Å². The van der Waals surface area contributed by atoms with Crippen LogP contribution in [-0.2, 0) is 0 Å². The number of carbonyl (C=O) groups is 1. The van der Waals surface area contributed by atoms with Crippen molar-refractivity contribution in [3.63, 3.8) is 0 Å². The molecule has 0 aliphatic carbocycles. The number of aromatic nitrogens is 2. The van der Waals surface area contributed by atoms with Crippen LogP contribution in [0.4, 0.5) is 0 Å². The van der Waals surface area contributed by atoms with E-state index in [-0.39, 0.29) is 12.4 Å². The molecule has 0 saturated carbocycles. The quantitative estimate of drug-likeness (QED) is 0.522. The number of nitrogens with two attached hydrogens (primary N) is 1. The number of rotatable bonds is 3. The molecular formula is C5H7N3O4. The maximum Gasteiger partial charge on any atom is 0.377 e. The minimum Gasteiger partial charge on any atom is -0.475 e. The zero-order valence-electron chi connectivity index (χ0n) is 5.97. The second kappa shape index (κ2) is 3.28. The number of aliphatic hydroxyl groups is 1. The van der Waals surface area contributed by atoms with Crippen LogP contribution in [0.1, 0.15) is 22.6 Å². The Labute approximate surface area is 66.8 Å². The van der Waals surface area contributed by atoms with Gasteiger partial charge in [0.05, 0.1) is 0 Å². The Balaban J connectivity index is 2.84. The highest BCUT2D eigenvalue weighted by Crippen LogP contribution is 2.07. The van der Waals surface area contributed by atoms with Gasteiger partial charge in [-0.2, -0.15) is 4.98 Å². The summed E-state index contributed by atoms with van der Waals surface area (Å²) in [6.07, 6.45) is -1.11. The molecule has 0 unspecified atom stereocenters. The minimum atomic E-state index is -1.31. The maximum atomic E-state index is 10.2. The Morgan fingerprint density at radius 3 is 2.83 bits per heavy atom. The first-order valence-electron chi connectivity index (χ1n) is 3.10. The number of hydrogen-bond acceptors (Lipinski definition) is 6. The summed E-state index contributed by atoms with van der Waals surface area (Å²) >= 11 is 0. The van der Waals surface area contributed by atoms with Crippen molar-refractivity contribution in [2.75, 3.05) is 6.54 Å². The topological polar surface area (TPSA) is 122 Å². The van der Waals surface area contributed by atoms with Gasteiger partial charge in [0, 0.05) is 6.54 Å². The van der Waals surface area contributed by atoms with Crippen LogP contribution in [0.5, 0.6) is 0 Å². The van der Waals surface area contributed by atoms with Gasteiger partial charge in [0.25, 0.3) is 11.7 Å². The molecule has 1 rings (SSSR count). The van der Waals surface area contributed by atoms with Crippen molar-refractivity contribution in [3.8, 4) is 0 Å². The summed E-state index contributed by atoms with van der Waals surface area (Å²) in [5, 5.41) is 20.4. The molecule has 0 fully saturated rings. The van der Waals surface area contributed by atoms with E-state index in [0.29, 0.717) is 0 Å². The molecule has 0 radical (unpaired) electrons. The molecule has 1 aromatic rings. The monoisotopic (exact) mass is 173 g/mol. The van der Waals surface area contributed by atoms with E-state index in [9.17, 15) is 4.79 Å². The summed E-state index contributed by atoms with van der Waals surface area (Å²) in [4.78, 5) is 13.6. The lowest BCUT2D eigenvalue weighted by molar-refractivity contribution is 0.0680. The molecule has 0 spiro atoms. The number of hydrogen-bond donors (Lipinski definition) is 3. The number of carboxylic acid groups (broad SMARTS) is 1. The lowest BCUT2D eigenvalue weighted by atomic mass is 10.4. The van der Waals surface area contributed by atoms with Crippen LogP contribution in [0, 0.1) is 0 Å². The highest BCUT2D eigenvalue weighted by atomic mass is 16.5. The summed E-state index contributed by atoms with van der Waals surface area (Å²) in [6.45, 7) is -0.0960. The Kier molecular flexibility index (Phi) is 2.36. The maximum absolute atomic E-state index is 10.2. The summed E-state index contributed by atoms with van der Waals surface area (Å²) in [7, 11) is 0. The molecule has 0 aliphatic heterocycles. The first-order chi connectivity index (χ1) is 5.65. The third kappa shape index (κ3) is 1.57. The van der Waals surface area contributed by atoms with Crippen LogP contribution < -0.4 is 5.73 Å². The average Bonchev–Trinajstić information content (AvgIpc) is 2.51. The van der Waals surface area contributed by atoms with Gasteiger partial charge in [0.15, 0.2) is 0 Å². The summed E-state index contributed by atoms with van der Waals surface area (Å²) in [5.74, 6) is -1.98. The molecule has 4 N–H and O–H groups in total. The minimum absolute atomic E-state index is 0.0960. The SMILES string of the molecule is NC[C@H](O)c1nc(C(=O)O)no1. The van der Waals surface area contributed by atoms with Gasteiger partial charge in [-0.15, -0.1) is 0 Å². The predicted octanol–water partition coefficient (Wildman–Crippen LogP) is -1.24. The van der Waals surface area contributed by atoms with Crippen molar-refractivity contribution in [1.29, 1.82) is 0 Å². The van der Waals surface area contributed by atoms with E-state index in [1.807, 2.05) is 0 Å². The number of aliphatic hydroxyl groups excluding tert-OH is 1. The average molecular weight is 173 g/mol. The molecule has 0 bridgehead atoms. The molecule has 66 valence electrons. The third-order valence-electron chi connectivity index (χ3n) is 1.14. The second-order valence-corrected chi connectivity index (χ2v) is 2.01. The normalized spacial score (nSPS) is 12.8. The Morgan fingerprint density at radius 2 is 2.42 bits per heavy atom. The molecule has 1 aromatic heterocycles. The van der Waals surface area contributed by atoms with Crippen LogP contribution in [0.25, 0.3) is 0 Å². The van der Waals surface area contributed by atoms with Crippen LogP contribution in [-0.4, -0.2) is 32.9 Å². The molecule has 1 atom stereocenters. The van der Waals surface area contributed by atoms with Crippen molar-refractivity contribution in [2.45, 2.75) is 6.10 Å². The molecule has 0 aromatic carbocycles. The zero-order chi connectivity index (χ0) is 9.14. The highest BCUT2D eigenvalue weighted by molar-refractivity contribution is 5.82. The Hall–Kier alpha value is -1.47. The van der Waals surface area contributed by atoms with E-state index >= 15 is 0 Å².